The molecule has 4 nitrogen and oxygen atoms in total. The minimum Gasteiger partial charge on any atom is -0.478 e. The van der Waals surface area contributed by atoms with Crippen LogP contribution >= 0.6 is 0 Å². The highest BCUT2D eigenvalue weighted by Gasteiger charge is 1.75. The average molecular weight is 222 g/mol. The summed E-state index contributed by atoms with van der Waals surface area (Å²) in [6, 6.07) is 0. The molecule has 0 aromatic rings. The van der Waals surface area contributed by atoms with E-state index in [1.165, 1.54) is 25.7 Å². The predicted octanol–water partition coefficient (Wildman–Crippen LogP) is 2.06. The van der Waals surface area contributed by atoms with Gasteiger partial charge in [-0.05, 0) is 0 Å². The first-order valence-electron chi connectivity index (χ1n) is 4.93. The predicted molar refractivity (Wildman–Crippen MR) is 63.9 cm³/mol. The monoisotopic (exact) mass is 222 g/mol. The van der Waals surface area contributed by atoms with Crippen molar-refractivity contribution in [2.75, 3.05) is 14.2 Å². The zero-order valence-electron chi connectivity index (χ0n) is 10.4. The molecule has 0 fully saturated rings. The summed E-state index contributed by atoms with van der Waals surface area (Å²) in [6.45, 7) is 7.42. The molecule has 0 saturated carbocycles. The Morgan fingerprint density at radius 2 is 1.27 bits per heavy atom. The van der Waals surface area contributed by atoms with E-state index < -0.39 is 5.97 Å². The van der Waals surface area contributed by atoms with Gasteiger partial charge in [0.2, 0.25) is 0 Å². The van der Waals surface area contributed by atoms with Gasteiger partial charge in [-0.25, -0.2) is 4.79 Å². The van der Waals surface area contributed by atoms with Crippen molar-refractivity contribution >= 4 is 5.97 Å². The first-order valence-corrected chi connectivity index (χ1v) is 4.93. The van der Waals surface area contributed by atoms with Crippen molar-refractivity contribution in [3.8, 4) is 0 Å². The van der Waals surface area contributed by atoms with Gasteiger partial charge in [-0.3, -0.25) is 0 Å². The summed E-state index contributed by atoms with van der Waals surface area (Å²) in [5, 5.41) is 21.6. The zero-order valence-corrected chi connectivity index (χ0v) is 10.4. The molecule has 0 aliphatic carbocycles. The van der Waals surface area contributed by atoms with Gasteiger partial charge in [0.05, 0.1) is 0 Å². The minimum atomic E-state index is -0.981. The molecule has 0 aromatic heterocycles. The summed E-state index contributed by atoms with van der Waals surface area (Å²) >= 11 is 0. The van der Waals surface area contributed by atoms with Crippen molar-refractivity contribution in [2.45, 2.75) is 39.5 Å². The number of carboxylic acids is 1. The fraction of sp³-hybridized carbons (Fsp3) is 0.727. The van der Waals surface area contributed by atoms with Crippen molar-refractivity contribution in [1.29, 1.82) is 0 Å². The van der Waals surface area contributed by atoms with Crippen molar-refractivity contribution in [1.82, 2.24) is 0 Å². The van der Waals surface area contributed by atoms with Crippen molar-refractivity contribution in [3.05, 3.63) is 12.7 Å². The lowest BCUT2D eigenvalue weighted by atomic mass is 10.2. The maximum Gasteiger partial charge on any atom is 0.327 e. The maximum atomic E-state index is 9.25. The number of rotatable bonds is 4. The molecular weight excluding hydrogens is 196 g/mol. The number of hydrogen-bond donors (Lipinski definition) is 3. The largest absolute Gasteiger partial charge is 0.478 e. The van der Waals surface area contributed by atoms with E-state index in [1.807, 2.05) is 0 Å². The first kappa shape index (κ1) is 23.7. The number of aliphatic hydroxyl groups is 2. The van der Waals surface area contributed by atoms with Crippen molar-refractivity contribution < 1.29 is 20.1 Å². The topological polar surface area (TPSA) is 77.8 Å². The normalized spacial score (nSPS) is 6.53. The van der Waals surface area contributed by atoms with Crippen molar-refractivity contribution in [3.63, 3.8) is 0 Å². The highest BCUT2D eigenvalue weighted by atomic mass is 16.4. The van der Waals surface area contributed by atoms with E-state index in [0.717, 1.165) is 20.3 Å². The molecule has 0 amide bonds. The van der Waals surface area contributed by atoms with Gasteiger partial charge in [0.1, 0.15) is 0 Å². The molecule has 0 saturated heterocycles. The van der Waals surface area contributed by atoms with Gasteiger partial charge in [0.25, 0.3) is 0 Å². The third kappa shape index (κ3) is 95.4. The Hall–Kier alpha value is -0.870. The van der Waals surface area contributed by atoms with Gasteiger partial charge in [-0.1, -0.05) is 46.1 Å². The highest BCUT2D eigenvalue weighted by Crippen LogP contribution is 1.95. The van der Waals surface area contributed by atoms with Gasteiger partial charge >= 0.3 is 5.97 Å². The summed E-state index contributed by atoms with van der Waals surface area (Å²) in [5.74, 6) is -0.981. The Morgan fingerprint density at radius 1 is 1.07 bits per heavy atom. The maximum absolute atomic E-state index is 9.25. The lowest BCUT2D eigenvalue weighted by Crippen LogP contribution is -1.82. The second-order valence-electron chi connectivity index (χ2n) is 2.25. The molecule has 0 unspecified atom stereocenters. The number of hydrogen-bond acceptors (Lipinski definition) is 3. The molecule has 0 aromatic carbocycles. The zero-order chi connectivity index (χ0) is 13.1. The standard InChI is InChI=1S/C6H14.C3H4O2.2CH4O/c1-3-5-6-4-2;1-2-3(4)5;2*1-2/h3-6H2,1-2H3;2H,1H2,(H,4,5);2*2H,1H3. The van der Waals surface area contributed by atoms with Crippen LogP contribution in [-0.4, -0.2) is 35.5 Å². The van der Waals surface area contributed by atoms with E-state index >= 15 is 0 Å². The highest BCUT2D eigenvalue weighted by molar-refractivity contribution is 5.78. The van der Waals surface area contributed by atoms with E-state index in [1.54, 1.807) is 0 Å². The molecule has 4 heteroatoms. The average Bonchev–Trinajstić information content (AvgIpc) is 2.32. The Kier molecular flexibility index (Phi) is 60.1. The van der Waals surface area contributed by atoms with Gasteiger partial charge in [-0.2, -0.15) is 0 Å². The van der Waals surface area contributed by atoms with Crippen LogP contribution in [0.1, 0.15) is 39.5 Å². The Morgan fingerprint density at radius 3 is 1.33 bits per heavy atom. The van der Waals surface area contributed by atoms with Crippen LogP contribution in [0.15, 0.2) is 12.7 Å². The van der Waals surface area contributed by atoms with E-state index in [0.29, 0.717) is 0 Å². The summed E-state index contributed by atoms with van der Waals surface area (Å²) in [6.07, 6.45) is 6.37. The molecule has 0 aliphatic rings. The summed E-state index contributed by atoms with van der Waals surface area (Å²) in [7, 11) is 2.00. The quantitative estimate of drug-likeness (QED) is 0.502. The van der Waals surface area contributed by atoms with Crippen molar-refractivity contribution in [2.24, 2.45) is 0 Å². The van der Waals surface area contributed by atoms with Crippen LogP contribution in [0.5, 0.6) is 0 Å². The minimum absolute atomic E-state index is 0.833. The molecule has 0 spiro atoms. The first-order chi connectivity index (χ1) is 7.18. The lowest BCUT2D eigenvalue weighted by Gasteiger charge is -1.86. The van der Waals surface area contributed by atoms with Crippen LogP contribution < -0.4 is 0 Å². The molecule has 0 radical (unpaired) electrons. The number of aliphatic hydroxyl groups excluding tert-OH is 2. The van der Waals surface area contributed by atoms with Gasteiger partial charge < -0.3 is 15.3 Å². The van der Waals surface area contributed by atoms with E-state index in [-0.39, 0.29) is 0 Å². The van der Waals surface area contributed by atoms with Crippen LogP contribution in [0.25, 0.3) is 0 Å². The van der Waals surface area contributed by atoms with Gasteiger partial charge in [0.15, 0.2) is 0 Å². The number of aliphatic carboxylic acids is 1. The van der Waals surface area contributed by atoms with E-state index in [2.05, 4.69) is 20.4 Å². The van der Waals surface area contributed by atoms with Gasteiger partial charge in [-0.15, -0.1) is 0 Å². The van der Waals surface area contributed by atoms with E-state index in [4.69, 9.17) is 15.3 Å². The third-order valence-electron chi connectivity index (χ3n) is 1.13. The lowest BCUT2D eigenvalue weighted by molar-refractivity contribution is -0.131. The fourth-order valence-corrected chi connectivity index (χ4v) is 0.500. The van der Waals surface area contributed by atoms with Crippen LogP contribution in [0.2, 0.25) is 0 Å². The molecule has 94 valence electrons. The molecule has 0 bridgehead atoms. The van der Waals surface area contributed by atoms with Crippen LogP contribution in [0.4, 0.5) is 0 Å². The number of carbonyl (C=O) groups is 1. The number of carboxylic acid groups (broad SMARTS) is 1. The smallest absolute Gasteiger partial charge is 0.327 e. The summed E-state index contributed by atoms with van der Waals surface area (Å²) < 4.78 is 0. The SMILES string of the molecule is C=CC(=O)O.CCCCCC.CO.CO. The third-order valence-corrected chi connectivity index (χ3v) is 1.13. The summed E-state index contributed by atoms with van der Waals surface area (Å²) in [4.78, 5) is 9.25. The molecule has 3 N–H and O–H groups in total. The molecule has 15 heavy (non-hydrogen) atoms. The Labute approximate surface area is 93.3 Å². The second-order valence-corrected chi connectivity index (χ2v) is 2.25. The van der Waals surface area contributed by atoms with E-state index in [9.17, 15) is 4.79 Å². The molecule has 0 atom stereocenters. The second kappa shape index (κ2) is 38.0. The Balaban J connectivity index is -0.0000000610. The molecule has 0 heterocycles. The molecular formula is C11H26O4. The molecule has 0 rings (SSSR count). The van der Waals surface area contributed by atoms with Crippen LogP contribution in [0.3, 0.4) is 0 Å². The summed E-state index contributed by atoms with van der Waals surface area (Å²) in [5.41, 5.74) is 0. The molecule has 0 aliphatic heterocycles. The van der Waals surface area contributed by atoms with Crippen LogP contribution in [-0.2, 0) is 4.79 Å². The number of unbranched alkanes of at least 4 members (excludes halogenated alkanes) is 3. The Bertz CT molecular complexity index is 98.8. The van der Waals surface area contributed by atoms with Crippen LogP contribution in [0, 0.1) is 0 Å². The fourth-order valence-electron chi connectivity index (χ4n) is 0.500. The van der Waals surface area contributed by atoms with Gasteiger partial charge in [0, 0.05) is 20.3 Å².